The molecule has 2 aromatic heterocycles. The molecular weight excluding hydrogens is 1450 g/mol. The topological polar surface area (TPSA) is 122 Å². The Labute approximate surface area is 629 Å². The number of hydrogen-bond acceptors (Lipinski definition) is 9. The van der Waals surface area contributed by atoms with Crippen molar-refractivity contribution in [2.24, 2.45) is 10.8 Å². The van der Waals surface area contributed by atoms with E-state index in [2.05, 4.69) is 243 Å². The van der Waals surface area contributed by atoms with Crippen molar-refractivity contribution in [3.05, 3.63) is 164 Å². The zero-order chi connectivity index (χ0) is 78.2. The molecule has 0 aliphatic heterocycles. The van der Waals surface area contributed by atoms with Crippen molar-refractivity contribution in [1.29, 1.82) is 0 Å². The third-order valence-electron chi connectivity index (χ3n) is 23.3. The van der Waals surface area contributed by atoms with E-state index in [9.17, 15) is 31.2 Å². The molecule has 0 spiro atoms. The summed E-state index contributed by atoms with van der Waals surface area (Å²) in [5, 5.41) is 0.331. The van der Waals surface area contributed by atoms with Crippen LogP contribution in [0.25, 0.3) is 11.3 Å². The van der Waals surface area contributed by atoms with Gasteiger partial charge in [-0.25, -0.2) is 0 Å². The van der Waals surface area contributed by atoms with Crippen LogP contribution in [0.4, 0.5) is 13.2 Å². The molecule has 0 aliphatic carbocycles. The summed E-state index contributed by atoms with van der Waals surface area (Å²) in [5.74, 6) is 1.29. The maximum atomic E-state index is 12.9. The van der Waals surface area contributed by atoms with Crippen LogP contribution >= 0.6 is 0 Å². The minimum atomic E-state index is -5.74. The molecule has 103 heavy (non-hydrogen) atoms. The Bertz CT molecular complexity index is 3750. The molecular formula is C87H135F3O9SSi2Sn. The van der Waals surface area contributed by atoms with Gasteiger partial charge in [0.05, 0.1) is 12.2 Å². The number of unbranched alkanes of at least 4 members (excludes halogenated alkanes) is 3. The third-order valence-corrected chi connectivity index (χ3v) is 48.2. The summed E-state index contributed by atoms with van der Waals surface area (Å²) in [7, 11) is -9.54. The standard InChI is InChI=1S/C37H54O3Si.C33H51F3O4SSi.C5H3O2.3C4H9.Sn/c1-13-37(14-2,30-18-20-32(27(4)24-30)33-21-19-31(25-38)39-33)29-17-15-28(26(3)23-29)16-22-34(35(5,6)7)40-41(11,12)36(8,9)10;1-13-32(14-2,27-18-19-28(24(4)22-27)39-41(37,38)33(34,35)36)26-17-15-25(23(3)21-26)16-20-29(30(5,6)7)40-42(11,12)31(8,9)10;6-4-5-2-1-3-7-5;3*1-3-4-2;/h15,17-21,23-25,34H,13-14,16,22H2,1-12H3;15,17-19,21-22,29H,13-14,16,20H2,1-12H3;1-2,4H;3*1,3-4H2,2H3;. The van der Waals surface area contributed by atoms with E-state index in [0.717, 1.165) is 92.0 Å². The van der Waals surface area contributed by atoms with Gasteiger partial charge in [-0.05, 0) is 200 Å². The average molecular weight is 1590 g/mol. The van der Waals surface area contributed by atoms with E-state index in [-0.39, 0.29) is 44.3 Å². The summed E-state index contributed by atoms with van der Waals surface area (Å²) in [4.78, 5) is 22.0. The Morgan fingerprint density at radius 2 is 0.835 bits per heavy atom. The van der Waals surface area contributed by atoms with E-state index in [1.165, 1.54) is 95.1 Å². The first-order chi connectivity index (χ1) is 47.6. The van der Waals surface area contributed by atoms with Gasteiger partial charge in [0.25, 0.3) is 0 Å². The Morgan fingerprint density at radius 3 is 1.15 bits per heavy atom. The summed E-state index contributed by atoms with van der Waals surface area (Å²) >= 11 is -2.42. The van der Waals surface area contributed by atoms with Crippen LogP contribution in [0, 0.1) is 38.5 Å². The van der Waals surface area contributed by atoms with Crippen LogP contribution in [-0.4, -0.2) is 73.7 Å². The Morgan fingerprint density at radius 1 is 0.476 bits per heavy atom. The van der Waals surface area contributed by atoms with Gasteiger partial charge in [0, 0.05) is 16.4 Å². The van der Waals surface area contributed by atoms with Gasteiger partial charge in [-0.1, -0.05) is 178 Å². The SMILES string of the molecule is CCC(CC)(c1ccc(CCC(O[Si](C)(C)C(C)(C)C)C(C)(C)C)c(C)c1)c1ccc(-c2ccc(C=O)o2)c(C)c1.CCC(CC)(c1ccc(CCC(O[Si](C)(C)C(C)(C)C)C(C)(C)C)c(C)c1)c1ccc(OS(=O)(=O)C(F)(F)F)c(C)c1.CCC[CH2][Sn]([CH2]CCC)([CH2]CCC)[c]1ccc(C=O)o1. The van der Waals surface area contributed by atoms with Crippen molar-refractivity contribution >= 4 is 61.5 Å². The fourth-order valence-electron chi connectivity index (χ4n) is 14.0. The third kappa shape index (κ3) is 23.5. The van der Waals surface area contributed by atoms with Gasteiger partial charge >= 0.3 is 144 Å². The number of benzene rings is 4. The molecule has 9 nitrogen and oxygen atoms in total. The summed E-state index contributed by atoms with van der Waals surface area (Å²) < 4.78 is 97.1. The molecule has 4 aromatic carbocycles. The number of rotatable bonds is 33. The zero-order valence-electron chi connectivity index (χ0n) is 68.8. The Balaban J connectivity index is 0.000000348. The fourth-order valence-corrected chi connectivity index (χ4v) is 32.8. The van der Waals surface area contributed by atoms with Crippen LogP contribution in [0.5, 0.6) is 5.75 Å². The molecule has 0 amide bonds. The summed E-state index contributed by atoms with van der Waals surface area (Å²) in [5.41, 5.74) is 6.63. The predicted molar refractivity (Wildman–Crippen MR) is 434 cm³/mol. The van der Waals surface area contributed by atoms with Gasteiger partial charge in [0.15, 0.2) is 28.7 Å². The van der Waals surface area contributed by atoms with Crippen molar-refractivity contribution in [2.75, 3.05) is 0 Å². The van der Waals surface area contributed by atoms with E-state index < -0.39 is 56.1 Å². The fraction of sp³-hybridized carbons (Fsp3) is 0.609. The Kier molecular flexibility index (Phi) is 33.1. The predicted octanol–water partition coefficient (Wildman–Crippen LogP) is 26.0. The van der Waals surface area contributed by atoms with Gasteiger partial charge in [-0.15, -0.1) is 0 Å². The molecule has 0 saturated carbocycles. The van der Waals surface area contributed by atoms with Crippen LogP contribution in [-0.2, 0) is 42.6 Å². The van der Waals surface area contributed by atoms with Gasteiger partial charge in [-0.2, -0.15) is 21.6 Å². The number of carbonyl (C=O) groups is 2. The first-order valence-corrected chi connectivity index (χ1v) is 53.2. The van der Waals surface area contributed by atoms with Crippen molar-refractivity contribution < 1.29 is 53.0 Å². The van der Waals surface area contributed by atoms with Crippen LogP contribution in [0.2, 0.25) is 49.6 Å². The summed E-state index contributed by atoms with van der Waals surface area (Å²) in [6, 6.07) is 32.8. The molecule has 0 aliphatic rings. The summed E-state index contributed by atoms with van der Waals surface area (Å²) in [6.45, 7) is 60.5. The number of carbonyl (C=O) groups excluding carboxylic acids is 2. The molecule has 6 rings (SSSR count). The monoisotopic (exact) mass is 1590 g/mol. The molecule has 2 atom stereocenters. The van der Waals surface area contributed by atoms with Crippen molar-refractivity contribution in [3.63, 3.8) is 0 Å². The first-order valence-electron chi connectivity index (χ1n) is 38.5. The molecule has 16 heteroatoms. The van der Waals surface area contributed by atoms with E-state index >= 15 is 0 Å². The van der Waals surface area contributed by atoms with Gasteiger partial charge in [0.1, 0.15) is 11.5 Å². The van der Waals surface area contributed by atoms with Gasteiger partial charge in [0.2, 0.25) is 0 Å². The van der Waals surface area contributed by atoms with E-state index in [4.69, 9.17) is 17.7 Å². The zero-order valence-corrected chi connectivity index (χ0v) is 74.5. The van der Waals surface area contributed by atoms with Crippen molar-refractivity contribution in [3.8, 4) is 17.1 Å². The molecule has 0 fully saturated rings. The second-order valence-corrected chi connectivity index (χ2v) is 58.7. The van der Waals surface area contributed by atoms with Gasteiger partial charge in [-0.3, -0.25) is 4.79 Å². The number of halogens is 3. The van der Waals surface area contributed by atoms with Crippen molar-refractivity contribution in [1.82, 2.24) is 0 Å². The molecule has 2 heterocycles. The van der Waals surface area contributed by atoms with Gasteiger partial charge < -0.3 is 17.5 Å². The van der Waals surface area contributed by atoms with Crippen LogP contribution in [0.1, 0.15) is 285 Å². The number of aryl methyl sites for hydroxylation is 6. The first kappa shape index (κ1) is 90.9. The number of alkyl halides is 3. The average Bonchev–Trinajstić information content (AvgIpc) is 0.979. The van der Waals surface area contributed by atoms with Crippen molar-refractivity contribution in [2.45, 2.75) is 327 Å². The molecule has 0 saturated heterocycles. The van der Waals surface area contributed by atoms with Crippen LogP contribution in [0.3, 0.4) is 0 Å². The molecule has 0 bridgehead atoms. The minimum absolute atomic E-state index is 0.0100. The molecule has 6 aromatic rings. The molecule has 2 unspecified atom stereocenters. The van der Waals surface area contributed by atoms with E-state index in [1.807, 2.05) is 12.1 Å². The normalized spacial score (nSPS) is 13.8. The number of aldehydes is 2. The van der Waals surface area contributed by atoms with Crippen LogP contribution in [0.15, 0.2) is 106 Å². The quantitative estimate of drug-likeness (QED) is 0.0172. The second-order valence-electron chi connectivity index (χ2n) is 34.6. The molecule has 576 valence electrons. The maximum absolute atomic E-state index is 12.9. The van der Waals surface area contributed by atoms with E-state index in [1.54, 1.807) is 25.1 Å². The number of hydrogen-bond donors (Lipinski definition) is 0. The van der Waals surface area contributed by atoms with Crippen LogP contribution < -0.4 is 7.96 Å². The van der Waals surface area contributed by atoms with E-state index in [0.29, 0.717) is 17.1 Å². The Hall–Kier alpha value is -4.53. The molecule has 0 radical (unpaired) electrons. The summed E-state index contributed by atoms with van der Waals surface area (Å²) in [6.07, 6.45) is 17.1. The second kappa shape index (κ2) is 37.5. The number of furan rings is 2. The molecule has 0 N–H and O–H groups in total.